The standard InChI is InChI=1S/C4H5F3NO/c1-2(3(8)9)4(5,6)7/h2,8H,1H3. The quantitative estimate of drug-likeness (QED) is 0.535. The van der Waals surface area contributed by atoms with Gasteiger partial charge in [-0.1, -0.05) is 0 Å². The molecular formula is C4H5F3NO. The van der Waals surface area contributed by atoms with Crippen molar-refractivity contribution in [2.45, 2.75) is 13.1 Å². The molecule has 0 aromatic heterocycles. The molecule has 0 aromatic rings. The molecule has 0 bridgehead atoms. The Morgan fingerprint density at radius 1 is 1.56 bits per heavy atom. The molecule has 0 saturated heterocycles. The summed E-state index contributed by atoms with van der Waals surface area (Å²) in [5.74, 6) is -3.75. The largest absolute Gasteiger partial charge is 0.400 e. The molecule has 1 N–H and O–H groups in total. The summed E-state index contributed by atoms with van der Waals surface area (Å²) in [5, 5.41) is 0. The van der Waals surface area contributed by atoms with Gasteiger partial charge in [0, 0.05) is 0 Å². The smallest absolute Gasteiger partial charge is 0.273 e. The fourth-order valence-corrected chi connectivity index (χ4v) is 0.149. The number of nitrogens with one attached hydrogen (secondary N) is 1. The Morgan fingerprint density at radius 3 is 1.89 bits per heavy atom. The average molecular weight is 140 g/mol. The van der Waals surface area contributed by atoms with Gasteiger partial charge in [0.2, 0.25) is 5.91 Å². The van der Waals surface area contributed by atoms with E-state index in [9.17, 15) is 18.0 Å². The van der Waals surface area contributed by atoms with Crippen molar-refractivity contribution >= 4 is 5.91 Å². The van der Waals surface area contributed by atoms with Crippen LogP contribution in [0.25, 0.3) is 0 Å². The van der Waals surface area contributed by atoms with E-state index in [-0.39, 0.29) is 0 Å². The van der Waals surface area contributed by atoms with Crippen LogP contribution in [-0.4, -0.2) is 12.1 Å². The van der Waals surface area contributed by atoms with Gasteiger partial charge in [-0.15, -0.1) is 0 Å². The average Bonchev–Trinajstić information content (AvgIpc) is 1.62. The zero-order valence-corrected chi connectivity index (χ0v) is 4.62. The Labute approximate surface area is 49.8 Å². The first-order chi connectivity index (χ1) is 3.85. The van der Waals surface area contributed by atoms with Gasteiger partial charge in [0.1, 0.15) is 5.92 Å². The summed E-state index contributed by atoms with van der Waals surface area (Å²) in [6.45, 7) is 0.662. The lowest BCUT2D eigenvalue weighted by Gasteiger charge is -2.09. The Morgan fingerprint density at radius 2 is 1.89 bits per heavy atom. The molecule has 53 valence electrons. The van der Waals surface area contributed by atoms with Crippen LogP contribution < -0.4 is 5.73 Å². The molecule has 1 radical (unpaired) electrons. The highest BCUT2D eigenvalue weighted by molar-refractivity contribution is 5.76. The van der Waals surface area contributed by atoms with Crippen molar-refractivity contribution in [2.75, 3.05) is 0 Å². The first-order valence-corrected chi connectivity index (χ1v) is 2.18. The van der Waals surface area contributed by atoms with Crippen molar-refractivity contribution in [1.82, 2.24) is 5.73 Å². The third-order valence-electron chi connectivity index (χ3n) is 0.884. The highest BCUT2D eigenvalue weighted by atomic mass is 19.4. The number of hydrogen-bond donors (Lipinski definition) is 0. The number of hydrogen-bond acceptors (Lipinski definition) is 1. The Kier molecular flexibility index (Phi) is 2.06. The normalized spacial score (nSPS) is 15.1. The van der Waals surface area contributed by atoms with Crippen molar-refractivity contribution in [3.8, 4) is 0 Å². The van der Waals surface area contributed by atoms with Crippen molar-refractivity contribution in [3.63, 3.8) is 0 Å². The third-order valence-corrected chi connectivity index (χ3v) is 0.884. The number of carbonyl (C=O) groups excluding carboxylic acids is 1. The van der Waals surface area contributed by atoms with Crippen molar-refractivity contribution in [2.24, 2.45) is 5.92 Å². The number of halogens is 3. The molecule has 0 heterocycles. The molecule has 5 heteroatoms. The van der Waals surface area contributed by atoms with Crippen molar-refractivity contribution in [3.05, 3.63) is 0 Å². The van der Waals surface area contributed by atoms with Crippen molar-refractivity contribution in [1.29, 1.82) is 0 Å². The maximum absolute atomic E-state index is 11.4. The molecule has 0 aliphatic rings. The van der Waals surface area contributed by atoms with E-state index in [2.05, 4.69) is 0 Å². The SMILES string of the molecule is CC(C([NH])=O)C(F)(F)F. The summed E-state index contributed by atoms with van der Waals surface area (Å²) in [7, 11) is 0. The van der Waals surface area contributed by atoms with Crippen molar-refractivity contribution < 1.29 is 18.0 Å². The minimum absolute atomic E-state index is 0.662. The van der Waals surface area contributed by atoms with E-state index in [0.29, 0.717) is 6.92 Å². The van der Waals surface area contributed by atoms with Gasteiger partial charge in [-0.25, -0.2) is 0 Å². The monoisotopic (exact) mass is 140 g/mol. The molecule has 0 saturated carbocycles. The second kappa shape index (κ2) is 2.24. The Balaban J connectivity index is 4.04. The predicted molar refractivity (Wildman–Crippen MR) is 23.3 cm³/mol. The van der Waals surface area contributed by atoms with Crippen LogP contribution in [-0.2, 0) is 4.79 Å². The van der Waals surface area contributed by atoms with Crippen LogP contribution in [0, 0.1) is 5.92 Å². The first kappa shape index (κ1) is 8.26. The lowest BCUT2D eigenvalue weighted by atomic mass is 10.2. The molecule has 0 aliphatic heterocycles. The van der Waals surface area contributed by atoms with Crippen LogP contribution in [0.5, 0.6) is 0 Å². The second-order valence-electron chi connectivity index (χ2n) is 1.63. The van der Waals surface area contributed by atoms with Crippen LogP contribution in [0.4, 0.5) is 13.2 Å². The molecule has 0 spiro atoms. The fraction of sp³-hybridized carbons (Fsp3) is 0.750. The topological polar surface area (TPSA) is 40.9 Å². The van der Waals surface area contributed by atoms with Gasteiger partial charge in [-0.3, -0.25) is 10.5 Å². The van der Waals surface area contributed by atoms with Gasteiger partial charge in [-0.05, 0) is 6.92 Å². The van der Waals surface area contributed by atoms with Crippen LogP contribution in [0.15, 0.2) is 0 Å². The van der Waals surface area contributed by atoms with Gasteiger partial charge in [0.15, 0.2) is 0 Å². The maximum Gasteiger partial charge on any atom is 0.400 e. The number of alkyl halides is 3. The van der Waals surface area contributed by atoms with E-state index in [1.54, 1.807) is 0 Å². The molecule has 0 aliphatic carbocycles. The zero-order chi connectivity index (χ0) is 7.65. The van der Waals surface area contributed by atoms with E-state index >= 15 is 0 Å². The minimum atomic E-state index is -4.56. The van der Waals surface area contributed by atoms with Crippen LogP contribution in [0.3, 0.4) is 0 Å². The summed E-state index contributed by atoms with van der Waals surface area (Å²) < 4.78 is 34.1. The Hall–Kier alpha value is -0.740. The minimum Gasteiger partial charge on any atom is -0.273 e. The van der Waals surface area contributed by atoms with Gasteiger partial charge in [0.05, 0.1) is 0 Å². The molecule has 1 atom stereocenters. The van der Waals surface area contributed by atoms with Gasteiger partial charge in [0.25, 0.3) is 0 Å². The molecule has 0 rings (SSSR count). The maximum atomic E-state index is 11.4. The predicted octanol–water partition coefficient (Wildman–Crippen LogP) is 0.994. The molecule has 0 aromatic carbocycles. The fourth-order valence-electron chi connectivity index (χ4n) is 0.149. The molecule has 2 nitrogen and oxygen atoms in total. The van der Waals surface area contributed by atoms with Gasteiger partial charge >= 0.3 is 6.18 Å². The highest BCUT2D eigenvalue weighted by Gasteiger charge is 2.40. The summed E-state index contributed by atoms with van der Waals surface area (Å²) in [4.78, 5) is 9.74. The molecular weight excluding hydrogens is 135 g/mol. The lowest BCUT2D eigenvalue weighted by molar-refractivity contribution is -0.177. The van der Waals surface area contributed by atoms with Crippen LogP contribution in [0.1, 0.15) is 6.92 Å². The van der Waals surface area contributed by atoms with E-state index in [1.165, 1.54) is 0 Å². The summed E-state index contributed by atoms with van der Waals surface area (Å²) in [6.07, 6.45) is -4.56. The van der Waals surface area contributed by atoms with E-state index < -0.39 is 18.0 Å². The highest BCUT2D eigenvalue weighted by Crippen LogP contribution is 2.25. The molecule has 0 fully saturated rings. The Bertz CT molecular complexity index is 119. The van der Waals surface area contributed by atoms with E-state index in [1.807, 2.05) is 0 Å². The third kappa shape index (κ3) is 2.34. The van der Waals surface area contributed by atoms with Crippen LogP contribution in [0.2, 0.25) is 0 Å². The van der Waals surface area contributed by atoms with Gasteiger partial charge < -0.3 is 0 Å². The molecule has 1 unspecified atom stereocenters. The number of rotatable bonds is 1. The second-order valence-corrected chi connectivity index (χ2v) is 1.63. The number of carbonyl (C=O) groups is 1. The van der Waals surface area contributed by atoms with E-state index in [0.717, 1.165) is 0 Å². The van der Waals surface area contributed by atoms with Gasteiger partial charge in [-0.2, -0.15) is 13.2 Å². The summed E-state index contributed by atoms with van der Waals surface area (Å²) in [6, 6.07) is 0. The zero-order valence-electron chi connectivity index (χ0n) is 4.62. The molecule has 9 heavy (non-hydrogen) atoms. The lowest BCUT2D eigenvalue weighted by Crippen LogP contribution is -2.28. The van der Waals surface area contributed by atoms with E-state index in [4.69, 9.17) is 5.73 Å². The molecule has 1 amide bonds. The number of amides is 1. The first-order valence-electron chi connectivity index (χ1n) is 2.18. The summed E-state index contributed by atoms with van der Waals surface area (Å²) in [5.41, 5.74) is 6.08. The van der Waals surface area contributed by atoms with Crippen LogP contribution >= 0.6 is 0 Å². The summed E-state index contributed by atoms with van der Waals surface area (Å²) >= 11 is 0.